The number of halogens is 1. The molecule has 0 aliphatic rings. The monoisotopic (exact) mass is 264 g/mol. The van der Waals surface area contributed by atoms with Gasteiger partial charge in [0.15, 0.2) is 0 Å². The third-order valence-electron chi connectivity index (χ3n) is 2.09. The van der Waals surface area contributed by atoms with Gasteiger partial charge < -0.3 is 9.47 Å². The normalized spacial score (nSPS) is 11.4. The van der Waals surface area contributed by atoms with Crippen molar-refractivity contribution in [3.8, 4) is 5.75 Å². The van der Waals surface area contributed by atoms with Gasteiger partial charge in [-0.15, -0.1) is 0 Å². The Hall–Kier alpha value is -0.780. The van der Waals surface area contributed by atoms with E-state index in [0.29, 0.717) is 13.0 Å². The maximum atomic E-state index is 11.3. The van der Waals surface area contributed by atoms with E-state index in [2.05, 4.69) is 0 Å². The van der Waals surface area contributed by atoms with Crippen LogP contribution in [0.15, 0.2) is 23.1 Å². The smallest absolute Gasteiger partial charge is 0.264 e. The molecule has 1 aromatic rings. The second kappa shape index (κ2) is 5.52. The van der Waals surface area contributed by atoms with E-state index in [4.69, 9.17) is 20.2 Å². The topological polar surface area (TPSA) is 52.6 Å². The molecule has 1 rings (SSSR count). The summed E-state index contributed by atoms with van der Waals surface area (Å²) < 4.78 is 32.4. The predicted octanol–water partition coefficient (Wildman–Crippen LogP) is 1.81. The van der Waals surface area contributed by atoms with Crippen LogP contribution in [0.3, 0.4) is 0 Å². The van der Waals surface area contributed by atoms with Gasteiger partial charge >= 0.3 is 0 Å². The SMILES string of the molecule is COCCc1ccc(OC)c(S(=O)(=O)Cl)c1. The first-order valence-electron chi connectivity index (χ1n) is 4.59. The second-order valence-electron chi connectivity index (χ2n) is 3.17. The van der Waals surface area contributed by atoms with Gasteiger partial charge in [-0.05, 0) is 24.1 Å². The van der Waals surface area contributed by atoms with Crippen LogP contribution in [0.4, 0.5) is 0 Å². The Morgan fingerprint density at radius 3 is 2.50 bits per heavy atom. The predicted molar refractivity (Wildman–Crippen MR) is 61.6 cm³/mol. The Balaban J connectivity index is 3.12. The van der Waals surface area contributed by atoms with Crippen LogP contribution in [0, 0.1) is 0 Å². The van der Waals surface area contributed by atoms with E-state index in [0.717, 1.165) is 5.56 Å². The van der Waals surface area contributed by atoms with Crippen LogP contribution in [-0.4, -0.2) is 29.2 Å². The first kappa shape index (κ1) is 13.3. The van der Waals surface area contributed by atoms with E-state index in [-0.39, 0.29) is 10.6 Å². The fraction of sp³-hybridized carbons (Fsp3) is 0.400. The third-order valence-corrected chi connectivity index (χ3v) is 3.43. The van der Waals surface area contributed by atoms with Gasteiger partial charge in [0.05, 0.1) is 13.7 Å². The molecule has 0 aliphatic carbocycles. The molecule has 0 aliphatic heterocycles. The van der Waals surface area contributed by atoms with Gasteiger partial charge in [0.1, 0.15) is 10.6 Å². The molecular weight excluding hydrogens is 252 g/mol. The van der Waals surface area contributed by atoms with Crippen molar-refractivity contribution in [2.24, 2.45) is 0 Å². The quantitative estimate of drug-likeness (QED) is 0.761. The van der Waals surface area contributed by atoms with Crippen LogP contribution in [0.25, 0.3) is 0 Å². The van der Waals surface area contributed by atoms with Crippen LogP contribution in [0.1, 0.15) is 5.56 Å². The summed E-state index contributed by atoms with van der Waals surface area (Å²) in [6.07, 6.45) is 0.625. The molecule has 90 valence electrons. The van der Waals surface area contributed by atoms with Gasteiger partial charge in [0, 0.05) is 17.8 Å². The lowest BCUT2D eigenvalue weighted by molar-refractivity contribution is 0.202. The summed E-state index contributed by atoms with van der Waals surface area (Å²) in [6, 6.07) is 4.86. The van der Waals surface area contributed by atoms with Crippen molar-refractivity contribution in [1.29, 1.82) is 0 Å². The van der Waals surface area contributed by atoms with Crippen molar-refractivity contribution < 1.29 is 17.9 Å². The van der Waals surface area contributed by atoms with E-state index in [9.17, 15) is 8.42 Å². The van der Waals surface area contributed by atoms with E-state index >= 15 is 0 Å². The van der Waals surface area contributed by atoms with Gasteiger partial charge in [-0.25, -0.2) is 8.42 Å². The molecule has 0 heterocycles. The summed E-state index contributed by atoms with van der Waals surface area (Å²) in [5.41, 5.74) is 0.835. The van der Waals surface area contributed by atoms with Crippen molar-refractivity contribution in [3.05, 3.63) is 23.8 Å². The molecule has 0 radical (unpaired) electrons. The Morgan fingerprint density at radius 2 is 2.00 bits per heavy atom. The maximum absolute atomic E-state index is 11.3. The van der Waals surface area contributed by atoms with Crippen molar-refractivity contribution in [3.63, 3.8) is 0 Å². The molecule has 0 N–H and O–H groups in total. The molecule has 1 aromatic carbocycles. The molecule has 0 saturated heterocycles. The van der Waals surface area contributed by atoms with E-state index in [1.54, 1.807) is 19.2 Å². The standard InChI is InChI=1S/C10H13ClO4S/c1-14-6-5-8-3-4-9(15-2)10(7-8)16(11,12)13/h3-4,7H,5-6H2,1-2H3. The van der Waals surface area contributed by atoms with Crippen LogP contribution < -0.4 is 4.74 Å². The molecular formula is C10H13ClO4S. The molecule has 0 unspecified atom stereocenters. The minimum Gasteiger partial charge on any atom is -0.495 e. The highest BCUT2D eigenvalue weighted by atomic mass is 35.7. The van der Waals surface area contributed by atoms with Crippen molar-refractivity contribution in [1.82, 2.24) is 0 Å². The Bertz CT molecular complexity index is 456. The van der Waals surface area contributed by atoms with Crippen LogP contribution in [0.2, 0.25) is 0 Å². The second-order valence-corrected chi connectivity index (χ2v) is 5.70. The first-order chi connectivity index (χ1) is 7.49. The third kappa shape index (κ3) is 3.37. The van der Waals surface area contributed by atoms with Crippen LogP contribution >= 0.6 is 10.7 Å². The molecule has 0 aromatic heterocycles. The van der Waals surface area contributed by atoms with Crippen LogP contribution in [0.5, 0.6) is 5.75 Å². The lowest BCUT2D eigenvalue weighted by Gasteiger charge is -2.08. The van der Waals surface area contributed by atoms with Gasteiger partial charge in [-0.1, -0.05) is 6.07 Å². The van der Waals surface area contributed by atoms with Gasteiger partial charge in [-0.3, -0.25) is 0 Å². The number of hydrogen-bond acceptors (Lipinski definition) is 4. The number of ether oxygens (including phenoxy) is 2. The van der Waals surface area contributed by atoms with Crippen LogP contribution in [-0.2, 0) is 20.2 Å². The summed E-state index contributed by atoms with van der Waals surface area (Å²) in [5, 5.41) is 0. The molecule has 0 bridgehead atoms. The average Bonchev–Trinajstić information content (AvgIpc) is 2.24. The highest BCUT2D eigenvalue weighted by molar-refractivity contribution is 8.13. The number of methoxy groups -OCH3 is 2. The molecule has 6 heteroatoms. The van der Waals surface area contributed by atoms with E-state index < -0.39 is 9.05 Å². The van der Waals surface area contributed by atoms with Gasteiger partial charge in [0.25, 0.3) is 9.05 Å². The maximum Gasteiger partial charge on any atom is 0.264 e. The first-order valence-corrected chi connectivity index (χ1v) is 6.90. The van der Waals surface area contributed by atoms with Gasteiger partial charge in [0.2, 0.25) is 0 Å². The zero-order chi connectivity index (χ0) is 12.2. The lowest BCUT2D eigenvalue weighted by atomic mass is 10.1. The minimum atomic E-state index is -3.79. The Kier molecular flexibility index (Phi) is 4.58. The summed E-state index contributed by atoms with van der Waals surface area (Å²) in [6.45, 7) is 0.522. The molecule has 0 fully saturated rings. The summed E-state index contributed by atoms with van der Waals surface area (Å²) >= 11 is 0. The summed E-state index contributed by atoms with van der Waals surface area (Å²) in [4.78, 5) is -0.00901. The number of hydrogen-bond donors (Lipinski definition) is 0. The fourth-order valence-corrected chi connectivity index (χ4v) is 2.33. The number of rotatable bonds is 5. The molecule has 0 amide bonds. The highest BCUT2D eigenvalue weighted by Gasteiger charge is 2.16. The molecule has 0 spiro atoms. The Labute approximate surface area is 99.6 Å². The lowest BCUT2D eigenvalue weighted by Crippen LogP contribution is -2.00. The molecule has 0 saturated carbocycles. The average molecular weight is 265 g/mol. The molecule has 4 nitrogen and oxygen atoms in total. The summed E-state index contributed by atoms with van der Waals surface area (Å²) in [7, 11) is 4.51. The largest absolute Gasteiger partial charge is 0.495 e. The zero-order valence-electron chi connectivity index (χ0n) is 9.07. The van der Waals surface area contributed by atoms with Gasteiger partial charge in [-0.2, -0.15) is 0 Å². The van der Waals surface area contributed by atoms with Crippen molar-refractivity contribution in [2.75, 3.05) is 20.8 Å². The van der Waals surface area contributed by atoms with Crippen molar-refractivity contribution in [2.45, 2.75) is 11.3 Å². The Morgan fingerprint density at radius 1 is 1.31 bits per heavy atom. The number of benzene rings is 1. The van der Waals surface area contributed by atoms with E-state index in [1.807, 2.05) is 0 Å². The fourth-order valence-electron chi connectivity index (χ4n) is 1.29. The molecule has 16 heavy (non-hydrogen) atoms. The minimum absolute atomic E-state index is 0.00901. The van der Waals surface area contributed by atoms with E-state index in [1.165, 1.54) is 13.2 Å². The molecule has 0 atom stereocenters. The zero-order valence-corrected chi connectivity index (χ0v) is 10.6. The summed E-state index contributed by atoms with van der Waals surface area (Å²) in [5.74, 6) is 0.246. The van der Waals surface area contributed by atoms with Crippen molar-refractivity contribution >= 4 is 19.7 Å². The highest BCUT2D eigenvalue weighted by Crippen LogP contribution is 2.27.